The van der Waals surface area contributed by atoms with E-state index in [-0.39, 0.29) is 23.6 Å². The molecule has 1 aliphatic rings. The molecule has 0 aliphatic carbocycles. The Morgan fingerprint density at radius 1 is 0.912 bits per heavy atom. The van der Waals surface area contributed by atoms with Crippen LogP contribution in [0.25, 0.3) is 0 Å². The Bertz CT molecular complexity index is 1030. The molecule has 1 heterocycles. The van der Waals surface area contributed by atoms with E-state index >= 15 is 0 Å². The van der Waals surface area contributed by atoms with Gasteiger partial charge in [-0.2, -0.15) is 0 Å². The summed E-state index contributed by atoms with van der Waals surface area (Å²) in [6, 6.07) is 26.9. The summed E-state index contributed by atoms with van der Waals surface area (Å²) in [5.41, 5.74) is 2.52. The molecule has 0 aromatic heterocycles. The molecule has 0 bridgehead atoms. The van der Waals surface area contributed by atoms with Crippen LogP contribution in [0.4, 0.5) is 4.39 Å². The maximum Gasteiger partial charge on any atom is 0.224 e. The third kappa shape index (κ3) is 7.42. The van der Waals surface area contributed by atoms with Gasteiger partial charge in [0.05, 0.1) is 12.5 Å². The third-order valence-electron chi connectivity index (χ3n) is 6.38. The number of hydrogen-bond acceptors (Lipinski definition) is 3. The van der Waals surface area contributed by atoms with Gasteiger partial charge < -0.3 is 15.0 Å². The number of amides is 1. The number of piperidine rings is 1. The van der Waals surface area contributed by atoms with Crippen LogP contribution in [0.5, 0.6) is 5.75 Å². The van der Waals surface area contributed by atoms with E-state index < -0.39 is 0 Å². The molecule has 4 rings (SSSR count). The number of halogens is 1. The van der Waals surface area contributed by atoms with Crippen LogP contribution in [0.2, 0.25) is 0 Å². The highest BCUT2D eigenvalue weighted by Crippen LogP contribution is 2.24. The molecular weight excluding hydrogens is 427 g/mol. The van der Waals surface area contributed by atoms with Gasteiger partial charge in [-0.15, -0.1) is 0 Å². The minimum Gasteiger partial charge on any atom is -0.493 e. The standard InChI is InChI=1S/C29H33FN2O2/c30-27-12-7-13-28(19-27)34-22-25-18-26(29(33)31-16-14-23-8-3-1-4-9-23)21-32(20-25)17-15-24-10-5-2-6-11-24/h1-13,19,25-26H,14-18,20-22H2,(H,31,33)/t25-,26+/m0/s1. The average molecular weight is 461 g/mol. The zero-order valence-electron chi connectivity index (χ0n) is 19.5. The fourth-order valence-corrected chi connectivity index (χ4v) is 4.62. The number of carbonyl (C=O) groups excluding carboxylic acids is 1. The smallest absolute Gasteiger partial charge is 0.224 e. The first-order valence-corrected chi connectivity index (χ1v) is 12.1. The average Bonchev–Trinajstić information content (AvgIpc) is 2.87. The van der Waals surface area contributed by atoms with Crippen LogP contribution in [0.15, 0.2) is 84.9 Å². The van der Waals surface area contributed by atoms with Gasteiger partial charge in [-0.25, -0.2) is 4.39 Å². The minimum absolute atomic E-state index is 0.0820. The van der Waals surface area contributed by atoms with Crippen LogP contribution in [0.3, 0.4) is 0 Å². The predicted octanol–water partition coefficient (Wildman–Crippen LogP) is 4.74. The highest BCUT2D eigenvalue weighted by molar-refractivity contribution is 5.79. The lowest BCUT2D eigenvalue weighted by atomic mass is 9.88. The van der Waals surface area contributed by atoms with Crippen molar-refractivity contribution in [3.63, 3.8) is 0 Å². The number of nitrogens with one attached hydrogen (secondary N) is 1. The van der Waals surface area contributed by atoms with Gasteiger partial charge in [0.25, 0.3) is 0 Å². The molecule has 5 heteroatoms. The van der Waals surface area contributed by atoms with Gasteiger partial charge in [-0.3, -0.25) is 4.79 Å². The van der Waals surface area contributed by atoms with E-state index in [1.807, 2.05) is 24.3 Å². The summed E-state index contributed by atoms with van der Waals surface area (Å²) in [5, 5.41) is 3.14. The van der Waals surface area contributed by atoms with Crippen LogP contribution < -0.4 is 10.1 Å². The van der Waals surface area contributed by atoms with Crippen LogP contribution in [-0.4, -0.2) is 43.6 Å². The van der Waals surface area contributed by atoms with Crippen LogP contribution in [0, 0.1) is 17.7 Å². The Hall–Kier alpha value is -3.18. The van der Waals surface area contributed by atoms with Gasteiger partial charge in [0.15, 0.2) is 0 Å². The van der Waals surface area contributed by atoms with Crippen molar-refractivity contribution in [2.75, 3.05) is 32.8 Å². The summed E-state index contributed by atoms with van der Waals surface area (Å²) < 4.78 is 19.4. The van der Waals surface area contributed by atoms with Gasteiger partial charge in [-0.1, -0.05) is 66.7 Å². The second-order valence-electron chi connectivity index (χ2n) is 9.09. The van der Waals surface area contributed by atoms with Crippen LogP contribution in [0.1, 0.15) is 17.5 Å². The first-order chi connectivity index (χ1) is 16.7. The lowest BCUT2D eigenvalue weighted by molar-refractivity contribution is -0.127. The van der Waals surface area contributed by atoms with E-state index in [4.69, 9.17) is 4.74 Å². The van der Waals surface area contributed by atoms with E-state index in [1.165, 1.54) is 23.3 Å². The summed E-state index contributed by atoms with van der Waals surface area (Å²) >= 11 is 0. The number of rotatable bonds is 10. The van der Waals surface area contributed by atoms with Crippen molar-refractivity contribution < 1.29 is 13.9 Å². The fraction of sp³-hybridized carbons (Fsp3) is 0.345. The van der Waals surface area contributed by atoms with Crippen molar-refractivity contribution in [3.8, 4) is 5.75 Å². The summed E-state index contributed by atoms with van der Waals surface area (Å²) in [5.74, 6) is 0.460. The Balaban J connectivity index is 1.34. The maximum atomic E-state index is 13.5. The molecule has 1 aliphatic heterocycles. The van der Waals surface area contributed by atoms with Crippen molar-refractivity contribution in [1.82, 2.24) is 10.2 Å². The number of carbonyl (C=O) groups is 1. The lowest BCUT2D eigenvalue weighted by Crippen LogP contribution is -2.48. The van der Waals surface area contributed by atoms with Crippen molar-refractivity contribution in [2.45, 2.75) is 19.3 Å². The molecule has 1 fully saturated rings. The van der Waals surface area contributed by atoms with Crippen molar-refractivity contribution in [3.05, 3.63) is 102 Å². The molecule has 3 aromatic carbocycles. The van der Waals surface area contributed by atoms with Gasteiger partial charge in [-0.05, 0) is 42.5 Å². The van der Waals surface area contributed by atoms with Crippen molar-refractivity contribution >= 4 is 5.91 Å². The second-order valence-corrected chi connectivity index (χ2v) is 9.09. The first kappa shape index (κ1) is 24.0. The minimum atomic E-state index is -0.304. The molecule has 178 valence electrons. The third-order valence-corrected chi connectivity index (χ3v) is 6.38. The van der Waals surface area contributed by atoms with Gasteiger partial charge in [0.2, 0.25) is 5.91 Å². The molecule has 34 heavy (non-hydrogen) atoms. The molecule has 1 saturated heterocycles. The number of ether oxygens (including phenoxy) is 1. The SMILES string of the molecule is O=C(NCCc1ccccc1)[C@@H]1C[C@H](COc2cccc(F)c2)CN(CCc2ccccc2)C1. The summed E-state index contributed by atoms with van der Waals surface area (Å²) in [6.45, 7) is 3.62. The summed E-state index contributed by atoms with van der Waals surface area (Å²) in [7, 11) is 0. The predicted molar refractivity (Wildman–Crippen MR) is 133 cm³/mol. The molecule has 2 atom stereocenters. The Morgan fingerprint density at radius 3 is 2.32 bits per heavy atom. The molecular formula is C29H33FN2O2. The lowest BCUT2D eigenvalue weighted by Gasteiger charge is -2.37. The molecule has 4 nitrogen and oxygen atoms in total. The number of hydrogen-bond donors (Lipinski definition) is 1. The Kier molecular flexibility index (Phi) is 8.69. The van der Waals surface area contributed by atoms with Crippen LogP contribution in [-0.2, 0) is 17.6 Å². The Morgan fingerprint density at radius 2 is 1.62 bits per heavy atom. The summed E-state index contributed by atoms with van der Waals surface area (Å²) in [4.78, 5) is 15.4. The monoisotopic (exact) mass is 460 g/mol. The van der Waals surface area contributed by atoms with Crippen molar-refractivity contribution in [2.24, 2.45) is 11.8 Å². The normalized spacial score (nSPS) is 18.4. The molecule has 0 unspecified atom stereocenters. The molecule has 0 saturated carbocycles. The first-order valence-electron chi connectivity index (χ1n) is 12.1. The number of benzene rings is 3. The zero-order valence-corrected chi connectivity index (χ0v) is 19.5. The van der Waals surface area contributed by atoms with Crippen molar-refractivity contribution in [1.29, 1.82) is 0 Å². The zero-order chi connectivity index (χ0) is 23.6. The van der Waals surface area contributed by atoms with Crippen LogP contribution >= 0.6 is 0 Å². The largest absolute Gasteiger partial charge is 0.493 e. The number of likely N-dealkylation sites (tertiary alicyclic amines) is 1. The molecule has 1 amide bonds. The molecule has 0 spiro atoms. The van der Waals surface area contributed by atoms with E-state index in [0.29, 0.717) is 18.9 Å². The Labute approximate surface area is 201 Å². The fourth-order valence-electron chi connectivity index (χ4n) is 4.62. The molecule has 3 aromatic rings. The second kappa shape index (κ2) is 12.3. The maximum absolute atomic E-state index is 13.5. The topological polar surface area (TPSA) is 41.6 Å². The van der Waals surface area contributed by atoms with E-state index in [2.05, 4.69) is 46.6 Å². The quantitative estimate of drug-likeness (QED) is 0.475. The number of nitrogens with zero attached hydrogens (tertiary/aromatic N) is 1. The van der Waals surface area contributed by atoms with Gasteiger partial charge in [0, 0.05) is 38.2 Å². The molecule has 1 N–H and O–H groups in total. The van der Waals surface area contributed by atoms with E-state index in [9.17, 15) is 9.18 Å². The molecule has 0 radical (unpaired) electrons. The highest BCUT2D eigenvalue weighted by atomic mass is 19.1. The van der Waals surface area contributed by atoms with Gasteiger partial charge in [0.1, 0.15) is 11.6 Å². The van der Waals surface area contributed by atoms with Gasteiger partial charge >= 0.3 is 0 Å². The van der Waals surface area contributed by atoms with E-state index in [1.54, 1.807) is 12.1 Å². The van der Waals surface area contributed by atoms with E-state index in [0.717, 1.165) is 38.9 Å². The highest BCUT2D eigenvalue weighted by Gasteiger charge is 2.31. The summed E-state index contributed by atoms with van der Waals surface area (Å²) in [6.07, 6.45) is 2.54.